The van der Waals surface area contributed by atoms with Crippen molar-refractivity contribution < 1.29 is 0 Å². The van der Waals surface area contributed by atoms with E-state index in [0.29, 0.717) is 12.0 Å². The molecule has 2 rings (SSSR count). The van der Waals surface area contributed by atoms with Gasteiger partial charge in [-0.15, -0.1) is 0 Å². The van der Waals surface area contributed by atoms with Crippen LogP contribution in [0.3, 0.4) is 0 Å². The van der Waals surface area contributed by atoms with Crippen LogP contribution in [0.1, 0.15) is 56.7 Å². The lowest BCUT2D eigenvalue weighted by atomic mass is 9.99. The monoisotopic (exact) mass is 203 g/mol. The fraction of sp³-hybridized carbons (Fsp3) is 0.571. The molecule has 1 N–H and O–H groups in total. The average molecular weight is 203 g/mol. The molecule has 1 saturated carbocycles. The summed E-state index contributed by atoms with van der Waals surface area (Å²) in [6.07, 6.45) is 2.71. The van der Waals surface area contributed by atoms with Crippen LogP contribution in [0, 0.1) is 0 Å². The van der Waals surface area contributed by atoms with Crippen molar-refractivity contribution in [2.24, 2.45) is 0 Å². The van der Waals surface area contributed by atoms with E-state index in [9.17, 15) is 0 Å². The number of hydrogen-bond donors (Lipinski definition) is 1. The van der Waals surface area contributed by atoms with Crippen LogP contribution in [0.15, 0.2) is 24.3 Å². The van der Waals surface area contributed by atoms with Crippen LogP contribution >= 0.6 is 0 Å². The lowest BCUT2D eigenvalue weighted by molar-refractivity contribution is 0.571. The maximum absolute atomic E-state index is 3.62. The van der Waals surface area contributed by atoms with Gasteiger partial charge in [0.2, 0.25) is 0 Å². The highest BCUT2D eigenvalue weighted by Crippen LogP contribution is 2.24. The largest absolute Gasteiger partial charge is 0.307 e. The zero-order valence-corrected chi connectivity index (χ0v) is 9.96. The zero-order chi connectivity index (χ0) is 10.8. The summed E-state index contributed by atoms with van der Waals surface area (Å²) in [4.78, 5) is 0. The summed E-state index contributed by atoms with van der Waals surface area (Å²) in [6, 6.07) is 10.3. The Morgan fingerprint density at radius 1 is 1.00 bits per heavy atom. The Balaban J connectivity index is 2.01. The normalized spacial score (nSPS) is 18.1. The molecule has 0 spiro atoms. The second kappa shape index (κ2) is 4.36. The molecule has 1 aromatic rings. The summed E-state index contributed by atoms with van der Waals surface area (Å²) in [7, 11) is 0. The first-order valence-electron chi connectivity index (χ1n) is 6.02. The molecule has 1 heteroatoms. The molecule has 1 aliphatic rings. The van der Waals surface area contributed by atoms with Crippen LogP contribution in [-0.2, 0) is 0 Å². The third-order valence-electron chi connectivity index (χ3n) is 3.17. The quantitative estimate of drug-likeness (QED) is 0.788. The summed E-state index contributed by atoms with van der Waals surface area (Å²) in [5.74, 6) is 0.630. The van der Waals surface area contributed by atoms with Crippen LogP contribution in [0.2, 0.25) is 0 Å². The van der Waals surface area contributed by atoms with Crippen LogP contribution in [0.5, 0.6) is 0 Å². The van der Waals surface area contributed by atoms with Gasteiger partial charge in [-0.3, -0.25) is 0 Å². The molecule has 0 aliphatic heterocycles. The highest BCUT2D eigenvalue weighted by Gasteiger charge is 2.23. The van der Waals surface area contributed by atoms with Crippen molar-refractivity contribution >= 4 is 0 Å². The second-order valence-corrected chi connectivity index (χ2v) is 4.98. The van der Waals surface area contributed by atoms with Crippen molar-refractivity contribution in [3.63, 3.8) is 0 Å². The van der Waals surface area contributed by atoms with Crippen LogP contribution in [0.25, 0.3) is 0 Å². The number of nitrogens with one attached hydrogen (secondary N) is 1. The summed E-state index contributed by atoms with van der Waals surface area (Å²) in [6.45, 7) is 6.73. The van der Waals surface area contributed by atoms with Crippen molar-refractivity contribution in [3.8, 4) is 0 Å². The maximum atomic E-state index is 3.62. The highest BCUT2D eigenvalue weighted by atomic mass is 15.0. The van der Waals surface area contributed by atoms with E-state index in [-0.39, 0.29) is 0 Å². The molecular weight excluding hydrogens is 182 g/mol. The lowest BCUT2D eigenvalue weighted by Crippen LogP contribution is -2.20. The van der Waals surface area contributed by atoms with Gasteiger partial charge < -0.3 is 5.32 Å². The van der Waals surface area contributed by atoms with Gasteiger partial charge in [0, 0.05) is 12.1 Å². The van der Waals surface area contributed by atoms with Crippen LogP contribution in [-0.4, -0.2) is 6.04 Å². The van der Waals surface area contributed by atoms with E-state index in [1.54, 1.807) is 0 Å². The molecule has 0 aromatic heterocycles. The van der Waals surface area contributed by atoms with Gasteiger partial charge in [-0.2, -0.15) is 0 Å². The topological polar surface area (TPSA) is 12.0 Å². The molecule has 15 heavy (non-hydrogen) atoms. The molecule has 1 fully saturated rings. The third-order valence-corrected chi connectivity index (χ3v) is 3.17. The smallest absolute Gasteiger partial charge is 0.0294 e. The van der Waals surface area contributed by atoms with E-state index in [2.05, 4.69) is 50.4 Å². The molecule has 1 atom stereocenters. The molecule has 0 radical (unpaired) electrons. The zero-order valence-electron chi connectivity index (χ0n) is 9.96. The predicted molar refractivity (Wildman–Crippen MR) is 65.1 cm³/mol. The molecule has 1 aromatic carbocycles. The number of benzene rings is 1. The van der Waals surface area contributed by atoms with Crippen molar-refractivity contribution in [1.82, 2.24) is 5.32 Å². The summed E-state index contributed by atoms with van der Waals surface area (Å²) in [5, 5.41) is 3.62. The van der Waals surface area contributed by atoms with E-state index < -0.39 is 0 Å². The minimum Gasteiger partial charge on any atom is -0.307 e. The van der Waals surface area contributed by atoms with Gasteiger partial charge in [0.05, 0.1) is 0 Å². The SMILES string of the molecule is CC(C)c1ccc(C(C)NC2CC2)cc1. The minimum atomic E-state index is 0.499. The Bertz CT molecular complexity index is 309. The molecule has 0 amide bonds. The summed E-state index contributed by atoms with van der Waals surface area (Å²) in [5.41, 5.74) is 2.84. The Hall–Kier alpha value is -0.820. The van der Waals surface area contributed by atoms with E-state index in [1.807, 2.05) is 0 Å². The first-order chi connectivity index (χ1) is 7.16. The minimum absolute atomic E-state index is 0.499. The molecule has 0 bridgehead atoms. The van der Waals surface area contributed by atoms with Crippen molar-refractivity contribution in [2.75, 3.05) is 0 Å². The van der Waals surface area contributed by atoms with Crippen molar-refractivity contribution in [3.05, 3.63) is 35.4 Å². The van der Waals surface area contributed by atoms with Gasteiger partial charge in [-0.25, -0.2) is 0 Å². The van der Waals surface area contributed by atoms with Gasteiger partial charge in [0.25, 0.3) is 0 Å². The molecule has 1 nitrogen and oxygen atoms in total. The summed E-state index contributed by atoms with van der Waals surface area (Å²) < 4.78 is 0. The Morgan fingerprint density at radius 3 is 2.00 bits per heavy atom. The lowest BCUT2D eigenvalue weighted by Gasteiger charge is -2.14. The highest BCUT2D eigenvalue weighted by molar-refractivity contribution is 5.26. The molecule has 1 unspecified atom stereocenters. The Labute approximate surface area is 92.9 Å². The number of rotatable bonds is 4. The van der Waals surface area contributed by atoms with Gasteiger partial charge in [0.1, 0.15) is 0 Å². The summed E-state index contributed by atoms with van der Waals surface area (Å²) >= 11 is 0. The van der Waals surface area contributed by atoms with Crippen LogP contribution < -0.4 is 5.32 Å². The fourth-order valence-electron chi connectivity index (χ4n) is 1.87. The molecule has 0 heterocycles. The standard InChI is InChI=1S/C14H21N/c1-10(2)12-4-6-13(7-5-12)11(3)15-14-8-9-14/h4-7,10-11,14-15H,8-9H2,1-3H3. The number of hydrogen-bond acceptors (Lipinski definition) is 1. The third kappa shape index (κ3) is 2.82. The molecular formula is C14H21N. The molecule has 1 aliphatic carbocycles. The van der Waals surface area contributed by atoms with Crippen LogP contribution in [0.4, 0.5) is 0 Å². The maximum Gasteiger partial charge on any atom is 0.0294 e. The molecule has 82 valence electrons. The van der Waals surface area contributed by atoms with Gasteiger partial charge in [0.15, 0.2) is 0 Å². The first-order valence-corrected chi connectivity index (χ1v) is 6.02. The van der Waals surface area contributed by atoms with E-state index >= 15 is 0 Å². The van der Waals surface area contributed by atoms with E-state index in [1.165, 1.54) is 24.0 Å². The fourth-order valence-corrected chi connectivity index (χ4v) is 1.87. The van der Waals surface area contributed by atoms with Gasteiger partial charge >= 0.3 is 0 Å². The van der Waals surface area contributed by atoms with Gasteiger partial charge in [-0.1, -0.05) is 38.1 Å². The first kappa shape index (κ1) is 10.7. The predicted octanol–water partition coefficient (Wildman–Crippen LogP) is 3.62. The van der Waals surface area contributed by atoms with Crippen molar-refractivity contribution in [1.29, 1.82) is 0 Å². The Kier molecular flexibility index (Phi) is 3.11. The second-order valence-electron chi connectivity index (χ2n) is 4.98. The Morgan fingerprint density at radius 2 is 1.53 bits per heavy atom. The molecule has 0 saturated heterocycles. The van der Waals surface area contributed by atoms with E-state index in [4.69, 9.17) is 0 Å². The van der Waals surface area contributed by atoms with Crippen molar-refractivity contribution in [2.45, 2.75) is 51.6 Å². The van der Waals surface area contributed by atoms with E-state index in [0.717, 1.165) is 6.04 Å². The van der Waals surface area contributed by atoms with Gasteiger partial charge in [-0.05, 0) is 36.8 Å². The average Bonchev–Trinajstić information content (AvgIpc) is 3.02.